The molecular formula is C51H74N9O17S2+. The van der Waals surface area contributed by atoms with Gasteiger partial charge in [-0.1, -0.05) is 11.2 Å². The van der Waals surface area contributed by atoms with E-state index in [4.69, 9.17) is 28.5 Å². The lowest BCUT2D eigenvalue weighted by Crippen LogP contribution is -2.76. The molecule has 26 nitrogen and oxygen atoms in total. The van der Waals surface area contributed by atoms with Gasteiger partial charge >= 0.3 is 34.6 Å². The average molecular weight is 1150 g/mol. The van der Waals surface area contributed by atoms with E-state index >= 15 is 0 Å². The van der Waals surface area contributed by atoms with Crippen LogP contribution >= 0.6 is 11.3 Å². The van der Waals surface area contributed by atoms with E-state index in [2.05, 4.69) is 30.4 Å². The summed E-state index contributed by atoms with van der Waals surface area (Å²) in [5.41, 5.74) is -5.35. The van der Waals surface area contributed by atoms with Gasteiger partial charge in [0.2, 0.25) is 6.20 Å². The van der Waals surface area contributed by atoms with E-state index in [0.29, 0.717) is 36.9 Å². The lowest BCUT2D eigenvalue weighted by Gasteiger charge is -2.50. The number of aliphatic hydroxyl groups excluding tert-OH is 1. The monoisotopic (exact) mass is 1150 g/mol. The van der Waals surface area contributed by atoms with Gasteiger partial charge in [0, 0.05) is 24.4 Å². The van der Waals surface area contributed by atoms with Gasteiger partial charge in [0.05, 0.1) is 30.4 Å². The molecule has 436 valence electrons. The van der Waals surface area contributed by atoms with Gasteiger partial charge in [0.1, 0.15) is 46.0 Å². The Morgan fingerprint density at radius 2 is 1.53 bits per heavy atom. The Labute approximate surface area is 463 Å². The Kier molecular flexibility index (Phi) is 17.8. The second-order valence-corrected chi connectivity index (χ2v) is 26.1. The number of amides is 5. The van der Waals surface area contributed by atoms with Crippen molar-refractivity contribution in [3.8, 4) is 16.9 Å². The molecule has 5 N–H and O–H groups in total. The number of thiazole rings is 1. The molecule has 0 bridgehead atoms. The maximum Gasteiger partial charge on any atom is 0.418 e. The van der Waals surface area contributed by atoms with E-state index in [1.54, 1.807) is 94.1 Å². The van der Waals surface area contributed by atoms with Gasteiger partial charge in [-0.3, -0.25) is 19.5 Å². The molecule has 0 spiro atoms. The standard InChI is InChI=1S/C51H73N9O17S2/c1-46(2,3)72-41(64)51(15,76-56-37(34-28-78-42(53-34)55-44(66)74-48(7,8)9)39(62)54-38-40(63)60(50(38,13)14)77-79(68,69)70)36-19-17-31-20-30(16-18-35(31)71-36)32-25-58(24-29-22-57(23-29)45(67)75-49(10,11)12)59(26-32)27-33(61)21-52-43(65)73-47(4,5)6/h16,18,20,25-26,28-29,33,36,38,61H,17,19,21-24,27H2,1-15H3,(H3-,52,53,54,55,62,65,66,68,69,70)/p+1/b56-37-/t33-,36+,38?,51-/m0/s1. The number of β-lactam (4-membered cyclic amide) rings is 1. The number of aromatic nitrogens is 3. The summed E-state index contributed by atoms with van der Waals surface area (Å²) in [5, 5.41) is 24.6. The number of rotatable bonds is 17. The Morgan fingerprint density at radius 1 is 0.911 bits per heavy atom. The minimum atomic E-state index is -5.13. The molecule has 0 aliphatic carbocycles. The number of carbonyl (C=O) groups excluding carboxylic acids is 6. The molecule has 1 unspecified atom stereocenters. The van der Waals surface area contributed by atoms with Crippen molar-refractivity contribution in [3.63, 3.8) is 0 Å². The van der Waals surface area contributed by atoms with E-state index in [1.165, 1.54) is 26.2 Å². The highest BCUT2D eigenvalue weighted by atomic mass is 32.3. The molecule has 4 atom stereocenters. The van der Waals surface area contributed by atoms with Crippen LogP contribution < -0.4 is 25.4 Å². The minimum Gasteiger partial charge on any atom is -0.485 e. The predicted molar refractivity (Wildman–Crippen MR) is 284 cm³/mol. The number of likely N-dealkylation sites (tertiary alicyclic amines) is 1. The molecule has 2 fully saturated rings. The van der Waals surface area contributed by atoms with Gasteiger partial charge in [-0.2, -0.15) is 18.2 Å². The predicted octanol–water partition coefficient (Wildman–Crippen LogP) is 5.05. The number of benzene rings is 1. The molecule has 0 radical (unpaired) electrons. The summed E-state index contributed by atoms with van der Waals surface area (Å²) in [5.74, 6) is -2.57. The van der Waals surface area contributed by atoms with Crippen molar-refractivity contribution in [2.45, 2.75) is 182 Å². The highest BCUT2D eigenvalue weighted by Crippen LogP contribution is 2.38. The van der Waals surface area contributed by atoms with Gasteiger partial charge in [-0.05, 0) is 140 Å². The lowest BCUT2D eigenvalue weighted by molar-refractivity contribution is -0.780. The lowest BCUT2D eigenvalue weighted by atomic mass is 9.84. The second-order valence-electron chi connectivity index (χ2n) is 24.2. The number of ether oxygens (including phenoxy) is 5. The first-order chi connectivity index (χ1) is 36.2. The number of nitrogens with zero attached hydrogens (tertiary/aromatic N) is 6. The molecule has 28 heteroatoms. The summed E-state index contributed by atoms with van der Waals surface area (Å²) in [6.07, 6.45) is 0.281. The highest BCUT2D eigenvalue weighted by Gasteiger charge is 2.58. The van der Waals surface area contributed by atoms with Crippen LogP contribution in [0, 0.1) is 5.92 Å². The minimum absolute atomic E-state index is 0.0272. The maximum absolute atomic E-state index is 14.4. The first-order valence-electron chi connectivity index (χ1n) is 25.5. The van der Waals surface area contributed by atoms with Crippen molar-refractivity contribution in [2.75, 3.05) is 25.0 Å². The Morgan fingerprint density at radius 3 is 2.13 bits per heavy atom. The summed E-state index contributed by atoms with van der Waals surface area (Å²) in [6.45, 7) is 26.1. The Bertz CT molecular complexity index is 2920. The van der Waals surface area contributed by atoms with Crippen LogP contribution in [0.1, 0.15) is 122 Å². The number of esters is 1. The molecule has 79 heavy (non-hydrogen) atoms. The number of hydrogen-bond acceptors (Lipinski definition) is 19. The van der Waals surface area contributed by atoms with Gasteiger partial charge in [-0.25, -0.2) is 24.2 Å². The maximum atomic E-state index is 14.4. The van der Waals surface area contributed by atoms with Crippen molar-refractivity contribution in [3.05, 3.63) is 47.2 Å². The number of hydrogen-bond donors (Lipinski definition) is 5. The Hall–Kier alpha value is -6.62. The van der Waals surface area contributed by atoms with Gasteiger partial charge in [0.25, 0.3) is 17.4 Å². The number of carbonyl (C=O) groups is 6. The van der Waals surface area contributed by atoms with Gasteiger partial charge in [-0.15, -0.1) is 20.3 Å². The molecule has 3 aromatic rings. The van der Waals surface area contributed by atoms with E-state index in [-0.39, 0.29) is 36.3 Å². The number of aliphatic hydroxyl groups is 1. The first-order valence-corrected chi connectivity index (χ1v) is 27.7. The number of oxime groups is 1. The molecule has 0 saturated carbocycles. The molecular weight excluding hydrogens is 1070 g/mol. The molecule has 3 aliphatic heterocycles. The largest absolute Gasteiger partial charge is 0.485 e. The molecule has 3 aliphatic rings. The number of hydroxylamine groups is 2. The quantitative estimate of drug-likeness (QED) is 0.0224. The van der Waals surface area contributed by atoms with E-state index in [1.807, 2.05) is 33.9 Å². The smallest absolute Gasteiger partial charge is 0.418 e. The normalized spacial score (nSPS) is 19.1. The molecule has 6 rings (SSSR count). The number of fused-ring (bicyclic) bond motifs is 1. The third kappa shape index (κ3) is 16.5. The second kappa shape index (κ2) is 22.9. The fourth-order valence-corrected chi connectivity index (χ4v) is 9.48. The van der Waals surface area contributed by atoms with Crippen LogP contribution in [-0.4, -0.2) is 151 Å². The third-order valence-corrected chi connectivity index (χ3v) is 13.1. The Balaban J connectivity index is 1.28. The van der Waals surface area contributed by atoms with Crippen LogP contribution in [0.3, 0.4) is 0 Å². The fourth-order valence-electron chi connectivity index (χ4n) is 8.35. The van der Waals surface area contributed by atoms with Crippen molar-refractivity contribution in [1.82, 2.24) is 30.3 Å². The number of anilines is 1. The van der Waals surface area contributed by atoms with Crippen LogP contribution in [-0.2, 0) is 72.4 Å². The molecule has 5 amide bonds. The molecule has 2 saturated heterocycles. The van der Waals surface area contributed by atoms with Crippen molar-refractivity contribution in [2.24, 2.45) is 11.1 Å². The summed E-state index contributed by atoms with van der Waals surface area (Å²) in [7, 11) is -5.13. The van der Waals surface area contributed by atoms with Crippen LogP contribution in [0.5, 0.6) is 5.75 Å². The molecule has 2 aromatic heterocycles. The SMILES string of the molecule is CC(C)(C)OC(=O)NC[C@H](O)C[n+]1cc(-c2ccc3c(c2)CC[C@H]([C@](C)(O/N=C(\C(=O)NC2C(=O)N(OS(=O)(=O)O)C2(C)C)c2csc(NC(=O)OC(C)(C)C)n2)C(=O)OC(C)(C)C)O3)cn1CC1CN(C(=O)OC(C)(C)C)C1. The number of alkyl carbamates (subject to hydrolysis) is 1. The van der Waals surface area contributed by atoms with Crippen molar-refractivity contribution < 1.29 is 84.3 Å². The number of aryl methyl sites for hydroxylation is 1. The van der Waals surface area contributed by atoms with E-state index in [0.717, 1.165) is 28.0 Å². The third-order valence-electron chi connectivity index (χ3n) is 12.0. The van der Waals surface area contributed by atoms with Gasteiger partial charge in [0.15, 0.2) is 23.5 Å². The van der Waals surface area contributed by atoms with Crippen LogP contribution in [0.15, 0.2) is 41.1 Å². The molecule has 1 aromatic carbocycles. The van der Waals surface area contributed by atoms with E-state index < -0.39 is 104 Å². The van der Waals surface area contributed by atoms with E-state index in [9.17, 15) is 46.8 Å². The topological polar surface area (TPSA) is 318 Å². The van der Waals surface area contributed by atoms with Crippen LogP contribution in [0.4, 0.5) is 19.5 Å². The zero-order valence-electron chi connectivity index (χ0n) is 47.2. The van der Waals surface area contributed by atoms with Gasteiger partial charge < -0.3 is 49.2 Å². The zero-order chi connectivity index (χ0) is 59.0. The molecule has 5 heterocycles. The van der Waals surface area contributed by atoms with Crippen LogP contribution in [0.25, 0.3) is 11.1 Å². The summed E-state index contributed by atoms with van der Waals surface area (Å²) in [6, 6.07) is 4.06. The average Bonchev–Trinajstić information content (AvgIpc) is 3.90. The van der Waals surface area contributed by atoms with Crippen molar-refractivity contribution in [1.29, 1.82) is 0 Å². The summed E-state index contributed by atoms with van der Waals surface area (Å²) in [4.78, 5) is 91.7. The summed E-state index contributed by atoms with van der Waals surface area (Å²) < 4.78 is 69.2. The van der Waals surface area contributed by atoms with Crippen LogP contribution in [0.2, 0.25) is 0 Å². The highest BCUT2D eigenvalue weighted by molar-refractivity contribution is 7.80. The zero-order valence-corrected chi connectivity index (χ0v) is 48.9. The first kappa shape index (κ1) is 61.6. The van der Waals surface area contributed by atoms with Crippen molar-refractivity contribution >= 4 is 68.6 Å². The fraction of sp³-hybridized carbons (Fsp3) is 0.627. The summed E-state index contributed by atoms with van der Waals surface area (Å²) >= 11 is 0.885. The number of nitrogens with one attached hydrogen (secondary N) is 3.